The van der Waals surface area contributed by atoms with Crippen molar-refractivity contribution in [2.24, 2.45) is 4.99 Å². The van der Waals surface area contributed by atoms with E-state index in [1.54, 1.807) is 70.9 Å². The minimum absolute atomic E-state index is 0.0337. The van der Waals surface area contributed by atoms with Crippen molar-refractivity contribution in [2.45, 2.75) is 69.6 Å². The van der Waals surface area contributed by atoms with Crippen molar-refractivity contribution in [1.82, 2.24) is 0 Å². The Morgan fingerprint density at radius 2 is 1.36 bits per heavy atom. The molecule has 0 spiro atoms. The van der Waals surface area contributed by atoms with E-state index in [4.69, 9.17) is 38.2 Å². The van der Waals surface area contributed by atoms with Crippen molar-refractivity contribution >= 4 is 74.0 Å². The summed E-state index contributed by atoms with van der Waals surface area (Å²) in [5, 5.41) is 3.52. The standard InChI is InChI=1S/C56H63N5O10S2/c1-56(2,73-72-6)16-15-53(62)59(17-18-68-21-22-69-20-19-65-3)40-24-36(34-70-51-30-45-43(28-49(51)66-4)54(63)60-41(32-57-45)26-38-11-7-9-13-47(38)60)23-37(25-40)35-71-52-31-46-44(29-50(52)67-5)55(64)61-42(33-58-46)27-39-12-8-10-14-48(39)61/h7-14,23-25,28-32,41-42,58H,15-22,26-27,33-35H2,1-6H3/t41-,42?/m0/s1. The van der Waals surface area contributed by atoms with Crippen molar-refractivity contribution < 1.29 is 47.5 Å². The summed E-state index contributed by atoms with van der Waals surface area (Å²) >= 11 is 0. The van der Waals surface area contributed by atoms with E-state index in [2.05, 4.69) is 25.2 Å². The largest absolute Gasteiger partial charge is 0.493 e. The first kappa shape index (κ1) is 51.7. The average molecular weight is 1030 g/mol. The van der Waals surface area contributed by atoms with Crippen LogP contribution < -0.4 is 39.0 Å². The van der Waals surface area contributed by atoms with Gasteiger partial charge in [0.25, 0.3) is 11.8 Å². The van der Waals surface area contributed by atoms with Gasteiger partial charge in [0, 0.05) is 73.2 Å². The summed E-state index contributed by atoms with van der Waals surface area (Å²) in [5.41, 5.74) is 8.24. The van der Waals surface area contributed by atoms with Crippen LogP contribution in [0.15, 0.2) is 96.0 Å². The molecule has 73 heavy (non-hydrogen) atoms. The molecule has 1 N–H and O–H groups in total. The minimum atomic E-state index is -0.211. The van der Waals surface area contributed by atoms with Crippen LogP contribution in [-0.2, 0) is 45.1 Å². The van der Waals surface area contributed by atoms with Crippen LogP contribution in [0.2, 0.25) is 0 Å². The summed E-state index contributed by atoms with van der Waals surface area (Å²) in [6, 6.07) is 28.6. The van der Waals surface area contributed by atoms with Gasteiger partial charge in [-0.15, -0.1) is 0 Å². The molecule has 0 aliphatic carbocycles. The number of ether oxygens (including phenoxy) is 7. The number of hydrogen-bond donors (Lipinski definition) is 1. The lowest BCUT2D eigenvalue weighted by Crippen LogP contribution is -2.39. The summed E-state index contributed by atoms with van der Waals surface area (Å²) in [7, 11) is 8.17. The van der Waals surface area contributed by atoms with Crippen LogP contribution in [0, 0.1) is 0 Å². The molecule has 5 aromatic rings. The van der Waals surface area contributed by atoms with E-state index >= 15 is 0 Å². The van der Waals surface area contributed by atoms with Gasteiger partial charge in [-0.2, -0.15) is 0 Å². The smallest absolute Gasteiger partial charge is 0.261 e. The maximum absolute atomic E-state index is 14.5. The zero-order valence-corrected chi connectivity index (χ0v) is 43.9. The Balaban J connectivity index is 1.01. The normalized spacial score (nSPS) is 16.3. The molecular weight excluding hydrogens is 967 g/mol. The Bertz CT molecular complexity index is 2860. The number of nitrogens with one attached hydrogen (secondary N) is 1. The quantitative estimate of drug-likeness (QED) is 0.0489. The van der Waals surface area contributed by atoms with Crippen LogP contribution in [0.5, 0.6) is 23.0 Å². The van der Waals surface area contributed by atoms with E-state index in [1.165, 1.54) is 0 Å². The van der Waals surface area contributed by atoms with E-state index < -0.39 is 0 Å². The van der Waals surface area contributed by atoms with E-state index in [1.807, 2.05) is 84.1 Å². The van der Waals surface area contributed by atoms with Gasteiger partial charge in [-0.1, -0.05) is 58.0 Å². The maximum atomic E-state index is 14.5. The van der Waals surface area contributed by atoms with Crippen LogP contribution in [0.3, 0.4) is 0 Å². The number of anilines is 4. The Kier molecular flexibility index (Phi) is 16.5. The van der Waals surface area contributed by atoms with Crippen molar-refractivity contribution in [3.05, 3.63) is 124 Å². The molecule has 0 fully saturated rings. The number of amides is 3. The first-order valence-electron chi connectivity index (χ1n) is 24.6. The van der Waals surface area contributed by atoms with Gasteiger partial charge in [0.05, 0.1) is 81.8 Å². The summed E-state index contributed by atoms with van der Waals surface area (Å²) in [6.45, 7) is 7.28. The van der Waals surface area contributed by atoms with Crippen LogP contribution >= 0.6 is 21.6 Å². The van der Waals surface area contributed by atoms with Gasteiger partial charge in [0.15, 0.2) is 23.0 Å². The number of carbonyl (C=O) groups excluding carboxylic acids is 3. The third-order valence-corrected chi connectivity index (χ3v) is 16.1. The van der Waals surface area contributed by atoms with Gasteiger partial charge in [0.1, 0.15) is 13.2 Å². The van der Waals surface area contributed by atoms with E-state index in [0.29, 0.717) is 103 Å². The maximum Gasteiger partial charge on any atom is 0.261 e. The molecule has 4 heterocycles. The van der Waals surface area contributed by atoms with Crippen molar-refractivity contribution in [2.75, 3.05) is 93.7 Å². The lowest BCUT2D eigenvalue weighted by molar-refractivity contribution is -0.119. The molecule has 0 aromatic heterocycles. The topological polar surface area (TPSA) is 150 Å². The van der Waals surface area contributed by atoms with Crippen LogP contribution in [0.1, 0.15) is 69.7 Å². The lowest BCUT2D eigenvalue weighted by atomic mass is 10.1. The average Bonchev–Trinajstić information content (AvgIpc) is 3.89. The number of methoxy groups -OCH3 is 3. The third-order valence-electron chi connectivity index (χ3n) is 13.4. The molecule has 384 valence electrons. The molecule has 4 aliphatic rings. The Labute approximate surface area is 435 Å². The highest BCUT2D eigenvalue weighted by atomic mass is 33.1. The highest BCUT2D eigenvalue weighted by molar-refractivity contribution is 8.76. The molecule has 4 aliphatic heterocycles. The van der Waals surface area contributed by atoms with Crippen LogP contribution in [-0.4, -0.2) is 114 Å². The molecule has 0 radical (unpaired) electrons. The first-order chi connectivity index (χ1) is 35.5. The number of benzene rings is 5. The zero-order chi connectivity index (χ0) is 51.1. The predicted octanol–water partition coefficient (Wildman–Crippen LogP) is 9.73. The van der Waals surface area contributed by atoms with Gasteiger partial charge >= 0.3 is 0 Å². The van der Waals surface area contributed by atoms with Gasteiger partial charge < -0.3 is 48.3 Å². The molecule has 0 saturated carbocycles. The predicted molar refractivity (Wildman–Crippen MR) is 290 cm³/mol. The summed E-state index contributed by atoms with van der Waals surface area (Å²) in [6.07, 6.45) is 6.28. The second-order valence-corrected chi connectivity index (χ2v) is 21.9. The molecule has 2 atom stereocenters. The van der Waals surface area contributed by atoms with Crippen molar-refractivity contribution in [3.63, 3.8) is 0 Å². The van der Waals surface area contributed by atoms with Crippen molar-refractivity contribution in [3.8, 4) is 23.0 Å². The molecule has 3 amide bonds. The van der Waals surface area contributed by atoms with Gasteiger partial charge in [-0.05, 0) is 97.7 Å². The zero-order valence-electron chi connectivity index (χ0n) is 42.3. The van der Waals surface area contributed by atoms with Gasteiger partial charge in [-0.3, -0.25) is 24.3 Å². The molecule has 0 saturated heterocycles. The highest BCUT2D eigenvalue weighted by Gasteiger charge is 2.39. The second kappa shape index (κ2) is 23.3. The fraction of sp³-hybridized carbons (Fsp3) is 0.393. The molecule has 1 unspecified atom stereocenters. The SMILES string of the molecule is COCCOCCOCCN(C(=O)CCC(C)(C)SSC)c1cc(COc2cc3c(cc2OC)C(=O)N2c4ccccc4C[C@H]2C=N3)cc(COc2cc3c(cc2OC)C(=O)N2c4ccccc4CC2CN3)c1. The van der Waals surface area contributed by atoms with E-state index in [-0.39, 0.29) is 60.9 Å². The fourth-order valence-corrected chi connectivity index (χ4v) is 12.1. The second-order valence-electron chi connectivity index (χ2n) is 18.8. The molecule has 9 rings (SSSR count). The Hall–Kier alpha value is -6.24. The molecule has 15 nitrogen and oxygen atoms in total. The third kappa shape index (κ3) is 11.6. The molecule has 17 heteroatoms. The summed E-state index contributed by atoms with van der Waals surface area (Å²) in [4.78, 5) is 53.1. The van der Waals surface area contributed by atoms with Crippen LogP contribution in [0.4, 0.5) is 28.4 Å². The molecule has 5 aromatic carbocycles. The van der Waals surface area contributed by atoms with Gasteiger partial charge in [0.2, 0.25) is 5.91 Å². The van der Waals surface area contributed by atoms with Crippen molar-refractivity contribution in [1.29, 1.82) is 0 Å². The summed E-state index contributed by atoms with van der Waals surface area (Å²) < 4.78 is 41.5. The molecular formula is C56H63N5O10S2. The van der Waals surface area contributed by atoms with Crippen LogP contribution in [0.25, 0.3) is 0 Å². The fourth-order valence-electron chi connectivity index (χ4n) is 9.82. The Morgan fingerprint density at radius 3 is 2.04 bits per heavy atom. The minimum Gasteiger partial charge on any atom is -0.493 e. The Morgan fingerprint density at radius 1 is 0.740 bits per heavy atom. The number of aliphatic imine (C=N–C) groups is 1. The number of hydrogen-bond acceptors (Lipinski definition) is 14. The lowest BCUT2D eigenvalue weighted by Gasteiger charge is -2.27. The number of rotatable bonds is 23. The van der Waals surface area contributed by atoms with E-state index in [9.17, 15) is 14.4 Å². The summed E-state index contributed by atoms with van der Waals surface area (Å²) in [5.74, 6) is 1.33. The highest BCUT2D eigenvalue weighted by Crippen LogP contribution is 2.43. The molecule has 0 bridgehead atoms. The monoisotopic (exact) mass is 1030 g/mol. The number of para-hydroxylation sites is 2. The number of carbonyl (C=O) groups is 3. The number of nitrogens with zero attached hydrogens (tertiary/aromatic N) is 4. The van der Waals surface area contributed by atoms with Gasteiger partial charge in [-0.25, -0.2) is 0 Å². The van der Waals surface area contributed by atoms with E-state index in [0.717, 1.165) is 40.0 Å². The first-order valence-corrected chi connectivity index (χ1v) is 27.1. The number of fused-ring (bicyclic) bond motifs is 8.